The summed E-state index contributed by atoms with van der Waals surface area (Å²) in [7, 11) is 0. The van der Waals surface area contributed by atoms with E-state index in [9.17, 15) is 4.79 Å². The number of fused-ring (bicyclic) bond motifs is 2. The number of rotatable bonds is 3. The summed E-state index contributed by atoms with van der Waals surface area (Å²) in [4.78, 5) is 11.0. The SMILES string of the molecule is O=C(O)C[C@@H]1COc2cc3c(cc21)OC[C@H](c1cccc(Cl)c1)O3. The van der Waals surface area contributed by atoms with E-state index in [1.165, 1.54) is 0 Å². The maximum atomic E-state index is 11.0. The fourth-order valence-corrected chi connectivity index (χ4v) is 3.29. The lowest BCUT2D eigenvalue weighted by atomic mass is 9.97. The molecule has 124 valence electrons. The average molecular weight is 347 g/mol. The third kappa shape index (κ3) is 2.76. The molecular weight excluding hydrogens is 332 g/mol. The van der Waals surface area contributed by atoms with E-state index in [-0.39, 0.29) is 18.4 Å². The van der Waals surface area contributed by atoms with Crippen LogP contribution in [-0.4, -0.2) is 24.3 Å². The number of carboxylic acids is 1. The first kappa shape index (κ1) is 15.1. The number of hydrogen-bond donors (Lipinski definition) is 1. The topological polar surface area (TPSA) is 65.0 Å². The minimum Gasteiger partial charge on any atom is -0.492 e. The molecule has 1 N–H and O–H groups in total. The van der Waals surface area contributed by atoms with Crippen LogP contribution < -0.4 is 14.2 Å². The Morgan fingerprint density at radius 3 is 2.75 bits per heavy atom. The first-order valence-corrected chi connectivity index (χ1v) is 8.05. The van der Waals surface area contributed by atoms with Crippen LogP contribution in [0.25, 0.3) is 0 Å². The highest BCUT2D eigenvalue weighted by atomic mass is 35.5. The van der Waals surface area contributed by atoms with Crippen molar-refractivity contribution in [3.05, 3.63) is 52.5 Å². The fourth-order valence-electron chi connectivity index (χ4n) is 3.09. The molecule has 0 spiro atoms. The Morgan fingerprint density at radius 2 is 1.96 bits per heavy atom. The molecule has 0 fully saturated rings. The quantitative estimate of drug-likeness (QED) is 0.915. The second-order valence-corrected chi connectivity index (χ2v) is 6.35. The van der Waals surface area contributed by atoms with Crippen LogP contribution in [0.3, 0.4) is 0 Å². The maximum absolute atomic E-state index is 11.0. The molecule has 0 aromatic heterocycles. The van der Waals surface area contributed by atoms with Gasteiger partial charge >= 0.3 is 5.97 Å². The van der Waals surface area contributed by atoms with Crippen molar-refractivity contribution >= 4 is 17.6 Å². The summed E-state index contributed by atoms with van der Waals surface area (Å²) >= 11 is 6.03. The van der Waals surface area contributed by atoms with Gasteiger partial charge in [-0.15, -0.1) is 0 Å². The van der Waals surface area contributed by atoms with Gasteiger partial charge in [-0.25, -0.2) is 0 Å². The van der Waals surface area contributed by atoms with Gasteiger partial charge in [0.05, 0.1) is 13.0 Å². The zero-order chi connectivity index (χ0) is 16.7. The predicted octanol–water partition coefficient (Wildman–Crippen LogP) is 3.80. The third-order valence-corrected chi connectivity index (χ3v) is 4.49. The lowest BCUT2D eigenvalue weighted by Crippen LogP contribution is -2.21. The van der Waals surface area contributed by atoms with E-state index in [0.29, 0.717) is 35.5 Å². The van der Waals surface area contributed by atoms with Crippen LogP contribution in [0.5, 0.6) is 17.2 Å². The van der Waals surface area contributed by atoms with Crippen LogP contribution in [0, 0.1) is 0 Å². The lowest BCUT2D eigenvalue weighted by molar-refractivity contribution is -0.137. The van der Waals surface area contributed by atoms with Crippen molar-refractivity contribution < 1.29 is 24.1 Å². The second-order valence-electron chi connectivity index (χ2n) is 5.92. The Balaban J connectivity index is 1.61. The van der Waals surface area contributed by atoms with Gasteiger partial charge in [-0.3, -0.25) is 4.79 Å². The van der Waals surface area contributed by atoms with Gasteiger partial charge in [-0.2, -0.15) is 0 Å². The van der Waals surface area contributed by atoms with Gasteiger partial charge in [0.25, 0.3) is 0 Å². The van der Waals surface area contributed by atoms with Crippen LogP contribution in [0.1, 0.15) is 29.6 Å². The van der Waals surface area contributed by atoms with Crippen molar-refractivity contribution in [1.82, 2.24) is 0 Å². The molecule has 0 amide bonds. The van der Waals surface area contributed by atoms with Crippen LogP contribution in [-0.2, 0) is 4.79 Å². The Labute approximate surface area is 143 Å². The number of hydrogen-bond acceptors (Lipinski definition) is 4. The molecule has 6 heteroatoms. The molecule has 2 aromatic carbocycles. The van der Waals surface area contributed by atoms with Gasteiger partial charge < -0.3 is 19.3 Å². The van der Waals surface area contributed by atoms with Gasteiger partial charge in [-0.05, 0) is 23.8 Å². The molecule has 5 nitrogen and oxygen atoms in total. The number of ether oxygens (including phenoxy) is 3. The van der Waals surface area contributed by atoms with Crippen molar-refractivity contribution in [3.8, 4) is 17.2 Å². The molecule has 0 saturated heterocycles. The van der Waals surface area contributed by atoms with E-state index < -0.39 is 5.97 Å². The van der Waals surface area contributed by atoms with Crippen LogP contribution in [0.2, 0.25) is 5.02 Å². The molecule has 2 aliphatic rings. The lowest BCUT2D eigenvalue weighted by Gasteiger charge is -2.27. The summed E-state index contributed by atoms with van der Waals surface area (Å²) in [5, 5.41) is 9.65. The van der Waals surface area contributed by atoms with E-state index in [2.05, 4.69) is 0 Å². The monoisotopic (exact) mass is 346 g/mol. The maximum Gasteiger partial charge on any atom is 0.304 e. The molecule has 0 unspecified atom stereocenters. The summed E-state index contributed by atoms with van der Waals surface area (Å²) in [5.41, 5.74) is 1.80. The molecule has 24 heavy (non-hydrogen) atoms. The zero-order valence-corrected chi connectivity index (χ0v) is 13.5. The summed E-state index contributed by atoms with van der Waals surface area (Å²) in [6.45, 7) is 0.735. The molecule has 2 aliphatic heterocycles. The predicted molar refractivity (Wildman–Crippen MR) is 87.2 cm³/mol. The smallest absolute Gasteiger partial charge is 0.304 e. The van der Waals surface area contributed by atoms with Crippen molar-refractivity contribution in [2.75, 3.05) is 13.2 Å². The first-order valence-electron chi connectivity index (χ1n) is 7.67. The van der Waals surface area contributed by atoms with Gasteiger partial charge in [0.15, 0.2) is 17.6 Å². The van der Waals surface area contributed by atoms with Crippen molar-refractivity contribution in [1.29, 1.82) is 0 Å². The normalized spacial score (nSPS) is 21.0. The number of halogens is 1. The van der Waals surface area contributed by atoms with E-state index in [0.717, 1.165) is 11.1 Å². The molecule has 2 aromatic rings. The molecule has 0 saturated carbocycles. The molecule has 0 bridgehead atoms. The largest absolute Gasteiger partial charge is 0.492 e. The van der Waals surface area contributed by atoms with Gasteiger partial charge in [0, 0.05) is 22.6 Å². The van der Waals surface area contributed by atoms with Crippen molar-refractivity contribution in [3.63, 3.8) is 0 Å². The number of carboxylic acid groups (broad SMARTS) is 1. The summed E-state index contributed by atoms with van der Waals surface area (Å²) in [6, 6.07) is 11.1. The van der Waals surface area contributed by atoms with Crippen LogP contribution >= 0.6 is 11.6 Å². The van der Waals surface area contributed by atoms with Crippen molar-refractivity contribution in [2.45, 2.75) is 18.4 Å². The van der Waals surface area contributed by atoms with E-state index in [1.54, 1.807) is 6.07 Å². The van der Waals surface area contributed by atoms with Gasteiger partial charge in [0.2, 0.25) is 0 Å². The Morgan fingerprint density at radius 1 is 1.12 bits per heavy atom. The zero-order valence-electron chi connectivity index (χ0n) is 12.7. The van der Waals surface area contributed by atoms with Crippen LogP contribution in [0.15, 0.2) is 36.4 Å². The number of carbonyl (C=O) groups is 1. The van der Waals surface area contributed by atoms with E-state index >= 15 is 0 Å². The Bertz CT molecular complexity index is 804. The third-order valence-electron chi connectivity index (χ3n) is 4.26. The Kier molecular flexibility index (Phi) is 3.73. The fraction of sp³-hybridized carbons (Fsp3) is 0.278. The minimum absolute atomic E-state index is 0.0395. The van der Waals surface area contributed by atoms with Gasteiger partial charge in [-0.1, -0.05) is 23.7 Å². The summed E-state index contributed by atoms with van der Waals surface area (Å²) < 4.78 is 17.5. The first-order chi connectivity index (χ1) is 11.6. The molecular formula is C18H15ClO5. The van der Waals surface area contributed by atoms with Crippen LogP contribution in [0.4, 0.5) is 0 Å². The number of aliphatic carboxylic acids is 1. The Hall–Kier alpha value is -2.40. The minimum atomic E-state index is -0.840. The highest BCUT2D eigenvalue weighted by Gasteiger charge is 2.31. The molecule has 0 radical (unpaired) electrons. The summed E-state index contributed by atoms with van der Waals surface area (Å²) in [6.07, 6.45) is -0.205. The van der Waals surface area contributed by atoms with Gasteiger partial charge in [0.1, 0.15) is 12.4 Å². The highest BCUT2D eigenvalue weighted by molar-refractivity contribution is 6.30. The molecule has 2 heterocycles. The molecule has 0 aliphatic carbocycles. The molecule has 2 atom stereocenters. The van der Waals surface area contributed by atoms with E-state index in [1.807, 2.05) is 30.3 Å². The number of benzene rings is 2. The molecule has 4 rings (SSSR count). The highest BCUT2D eigenvalue weighted by Crippen LogP contribution is 2.46. The summed E-state index contributed by atoms with van der Waals surface area (Å²) in [5.74, 6) is 0.883. The van der Waals surface area contributed by atoms with E-state index in [4.69, 9.17) is 30.9 Å². The standard InChI is InChI=1S/C18H15ClO5/c19-12-3-1-2-10(4-12)17-9-23-15-6-13-11(5-18(20)21)8-22-14(13)7-16(15)24-17/h1-4,6-7,11,17H,5,8-9H2,(H,20,21)/t11-,17-/m1/s1. The average Bonchev–Trinajstić information content (AvgIpc) is 2.93. The second kappa shape index (κ2) is 5.91. The van der Waals surface area contributed by atoms with Crippen molar-refractivity contribution in [2.24, 2.45) is 0 Å².